The summed E-state index contributed by atoms with van der Waals surface area (Å²) in [4.78, 5) is 12.0. The summed E-state index contributed by atoms with van der Waals surface area (Å²) < 4.78 is 5.58. The number of unbranched alkanes of at least 4 members (excludes halogenated alkanes) is 1. The van der Waals surface area contributed by atoms with Crippen molar-refractivity contribution in [2.45, 2.75) is 64.5 Å². The van der Waals surface area contributed by atoms with Crippen LogP contribution in [0.3, 0.4) is 0 Å². The molecule has 128 valence electrons. The predicted molar refractivity (Wildman–Crippen MR) is 97.3 cm³/mol. The third-order valence-corrected chi connectivity index (χ3v) is 4.32. The third kappa shape index (κ3) is 6.47. The van der Waals surface area contributed by atoms with Crippen LogP contribution in [0.5, 0.6) is 0 Å². The molecule has 1 aliphatic carbocycles. The fourth-order valence-electron chi connectivity index (χ4n) is 2.89. The Hall–Kier alpha value is -1.77. The number of alkyl carbamates (subject to hydrolysis) is 1. The molecule has 0 aromatic heterocycles. The molecular weight excluding hydrogens is 286 g/mol. The lowest BCUT2D eigenvalue weighted by molar-refractivity contribution is 0.0273. The van der Waals surface area contributed by atoms with Gasteiger partial charge in [-0.2, -0.15) is 0 Å². The lowest BCUT2D eigenvalue weighted by Crippen LogP contribution is -2.49. The zero-order valence-electron chi connectivity index (χ0n) is 14.9. The van der Waals surface area contributed by atoms with E-state index in [0.717, 1.165) is 37.7 Å². The Bertz CT molecular complexity index is 488. The molecule has 23 heavy (non-hydrogen) atoms. The summed E-state index contributed by atoms with van der Waals surface area (Å²) in [7, 11) is 0. The van der Waals surface area contributed by atoms with Gasteiger partial charge in [-0.3, -0.25) is 0 Å². The first-order valence-corrected chi connectivity index (χ1v) is 8.40. The van der Waals surface area contributed by atoms with E-state index in [0.29, 0.717) is 5.92 Å². The summed E-state index contributed by atoms with van der Waals surface area (Å²) in [5.41, 5.74) is 1.81. The first-order valence-electron chi connectivity index (χ1n) is 8.40. The van der Waals surface area contributed by atoms with Crippen LogP contribution < -0.4 is 5.32 Å². The molecule has 0 bridgehead atoms. The van der Waals surface area contributed by atoms with Crippen molar-refractivity contribution in [2.75, 3.05) is 0 Å². The Kier molecular flexibility index (Phi) is 7.34. The van der Waals surface area contributed by atoms with Gasteiger partial charge in [0.1, 0.15) is 5.60 Å². The molecule has 0 heterocycles. The van der Waals surface area contributed by atoms with Crippen LogP contribution in [-0.4, -0.2) is 17.7 Å². The fourth-order valence-corrected chi connectivity index (χ4v) is 2.89. The van der Waals surface area contributed by atoms with Crippen LogP contribution in [0.4, 0.5) is 4.79 Å². The highest BCUT2D eigenvalue weighted by atomic mass is 16.6. The van der Waals surface area contributed by atoms with Crippen molar-refractivity contribution in [3.8, 4) is 0 Å². The van der Waals surface area contributed by atoms with Gasteiger partial charge in [-0.15, -0.1) is 0 Å². The number of rotatable bonds is 9. The van der Waals surface area contributed by atoms with Gasteiger partial charge in [-0.1, -0.05) is 50.5 Å². The Morgan fingerprint density at radius 3 is 2.61 bits per heavy atom. The van der Waals surface area contributed by atoms with E-state index in [1.54, 1.807) is 6.08 Å². The summed E-state index contributed by atoms with van der Waals surface area (Å²) >= 11 is 0. The summed E-state index contributed by atoms with van der Waals surface area (Å²) in [6, 6.07) is 0.0671. The second-order valence-electron chi connectivity index (χ2n) is 7.00. The van der Waals surface area contributed by atoms with Gasteiger partial charge in [0.2, 0.25) is 0 Å². The van der Waals surface area contributed by atoms with Crippen LogP contribution >= 0.6 is 0 Å². The maximum atomic E-state index is 12.0. The van der Waals surface area contributed by atoms with Gasteiger partial charge in [0, 0.05) is 0 Å². The lowest BCUT2D eigenvalue weighted by atomic mass is 9.77. The summed E-state index contributed by atoms with van der Waals surface area (Å²) in [5, 5.41) is 2.91. The second kappa shape index (κ2) is 8.76. The number of hydrogen-bond acceptors (Lipinski definition) is 2. The van der Waals surface area contributed by atoms with Gasteiger partial charge in [-0.05, 0) is 57.4 Å². The van der Waals surface area contributed by atoms with E-state index < -0.39 is 5.60 Å². The van der Waals surface area contributed by atoms with Gasteiger partial charge < -0.3 is 10.1 Å². The zero-order valence-corrected chi connectivity index (χ0v) is 14.9. The minimum atomic E-state index is -0.463. The number of allylic oxidation sites excluding steroid dienone is 4. The van der Waals surface area contributed by atoms with E-state index in [1.165, 1.54) is 5.57 Å². The molecule has 1 amide bonds. The average molecular weight is 317 g/mol. The Labute approximate surface area is 141 Å². The van der Waals surface area contributed by atoms with Gasteiger partial charge in [0.05, 0.1) is 6.04 Å². The molecule has 3 nitrogen and oxygen atoms in total. The molecule has 3 heteroatoms. The molecule has 0 aromatic rings. The number of nitrogens with one attached hydrogen (secondary N) is 1. The molecule has 1 saturated carbocycles. The molecular formula is C20H31NO2. The lowest BCUT2D eigenvalue weighted by Gasteiger charge is -2.37. The number of carbonyl (C=O) groups excluding carboxylic acids is 1. The molecule has 0 saturated heterocycles. The van der Waals surface area contributed by atoms with Crippen LogP contribution in [0.1, 0.15) is 52.9 Å². The van der Waals surface area contributed by atoms with Crippen molar-refractivity contribution >= 4 is 6.09 Å². The van der Waals surface area contributed by atoms with Crippen LogP contribution in [0.15, 0.2) is 49.1 Å². The molecule has 2 atom stereocenters. The van der Waals surface area contributed by atoms with Crippen LogP contribution in [0.2, 0.25) is 0 Å². The van der Waals surface area contributed by atoms with Gasteiger partial charge >= 0.3 is 6.09 Å². The molecule has 0 aromatic carbocycles. The Morgan fingerprint density at radius 1 is 1.39 bits per heavy atom. The number of carbonyl (C=O) groups is 1. The molecule has 0 spiro atoms. The maximum absolute atomic E-state index is 12.0. The molecule has 1 fully saturated rings. The number of amides is 1. The van der Waals surface area contributed by atoms with Crippen molar-refractivity contribution < 1.29 is 9.53 Å². The van der Waals surface area contributed by atoms with Gasteiger partial charge in [-0.25, -0.2) is 4.79 Å². The minimum absolute atomic E-state index is 0.0671. The van der Waals surface area contributed by atoms with E-state index in [-0.39, 0.29) is 12.1 Å². The topological polar surface area (TPSA) is 38.3 Å². The molecule has 1 N–H and O–H groups in total. The van der Waals surface area contributed by atoms with E-state index in [4.69, 9.17) is 4.74 Å². The second-order valence-corrected chi connectivity index (χ2v) is 7.00. The Balaban J connectivity index is 2.30. The van der Waals surface area contributed by atoms with E-state index in [9.17, 15) is 4.79 Å². The highest BCUT2D eigenvalue weighted by molar-refractivity contribution is 5.69. The highest BCUT2D eigenvalue weighted by Crippen LogP contribution is 2.31. The first kappa shape index (κ1) is 19.3. The van der Waals surface area contributed by atoms with Crippen molar-refractivity contribution in [1.82, 2.24) is 5.32 Å². The van der Waals surface area contributed by atoms with Crippen molar-refractivity contribution in [1.29, 1.82) is 0 Å². The average Bonchev–Trinajstić information content (AvgIpc) is 2.48. The smallest absolute Gasteiger partial charge is 0.408 e. The normalized spacial score (nSPS) is 21.3. The van der Waals surface area contributed by atoms with Crippen LogP contribution in [0, 0.1) is 5.92 Å². The fraction of sp³-hybridized carbons (Fsp3) is 0.550. The van der Waals surface area contributed by atoms with Crippen LogP contribution in [0.25, 0.3) is 0 Å². The zero-order chi connectivity index (χ0) is 17.5. The van der Waals surface area contributed by atoms with Crippen LogP contribution in [-0.2, 0) is 4.74 Å². The van der Waals surface area contributed by atoms with Crippen molar-refractivity contribution in [3.63, 3.8) is 0 Å². The Morgan fingerprint density at radius 2 is 2.09 bits per heavy atom. The number of hydrogen-bond donors (Lipinski definition) is 1. The largest absolute Gasteiger partial charge is 0.444 e. The molecule has 1 aliphatic rings. The monoisotopic (exact) mass is 317 g/mol. The standard InChI is InChI=1S/C20H31NO2/c1-7-11-17(8-2)12-9-10-13-20(5,6)23-19(22)21-18-15(3)14-16(18)4/h7-8,11,16,18H,1-3,9-10,12-14H2,4-6H3,(H,21,22)/b17-11+/t16?,18-/m0/s1. The molecule has 1 rings (SSSR count). The van der Waals surface area contributed by atoms with E-state index in [2.05, 4.69) is 32.0 Å². The molecule has 0 aliphatic heterocycles. The maximum Gasteiger partial charge on any atom is 0.408 e. The van der Waals surface area contributed by atoms with Gasteiger partial charge in [0.15, 0.2) is 0 Å². The van der Waals surface area contributed by atoms with Crippen molar-refractivity contribution in [2.24, 2.45) is 5.92 Å². The third-order valence-electron chi connectivity index (χ3n) is 4.32. The van der Waals surface area contributed by atoms with Crippen molar-refractivity contribution in [3.05, 3.63) is 49.1 Å². The molecule has 1 unspecified atom stereocenters. The number of ether oxygens (including phenoxy) is 1. The SMILES string of the molecule is C=C/C=C(\C=C)CCCCC(C)(C)OC(=O)N[C@H]1C(=C)CC1C. The van der Waals surface area contributed by atoms with Gasteiger partial charge in [0.25, 0.3) is 0 Å². The summed E-state index contributed by atoms with van der Waals surface area (Å²) in [6.07, 6.45) is 10.1. The quantitative estimate of drug-likeness (QED) is 0.355. The highest BCUT2D eigenvalue weighted by Gasteiger charge is 2.33. The molecule has 0 radical (unpaired) electrons. The summed E-state index contributed by atoms with van der Waals surface area (Å²) in [5.74, 6) is 0.451. The first-order chi connectivity index (χ1) is 10.8. The minimum Gasteiger partial charge on any atom is -0.444 e. The van der Waals surface area contributed by atoms with E-state index in [1.807, 2.05) is 26.0 Å². The summed E-state index contributed by atoms with van der Waals surface area (Å²) in [6.45, 7) is 17.5. The predicted octanol–water partition coefficient (Wildman–Crippen LogP) is 5.31. The van der Waals surface area contributed by atoms with E-state index >= 15 is 0 Å².